The largest absolute Gasteiger partial charge is 0.496 e. The van der Waals surface area contributed by atoms with Crippen LogP contribution in [-0.2, 0) is 20.6 Å². The molecule has 0 unspecified atom stereocenters. The van der Waals surface area contributed by atoms with Gasteiger partial charge in [-0.05, 0) is 47.0 Å². The molecule has 23 heavy (non-hydrogen) atoms. The van der Waals surface area contributed by atoms with Gasteiger partial charge in [0.25, 0.3) is 5.56 Å². The van der Waals surface area contributed by atoms with Gasteiger partial charge in [-0.1, -0.05) is 6.07 Å². The van der Waals surface area contributed by atoms with Crippen molar-refractivity contribution in [1.29, 1.82) is 0 Å². The Balaban J connectivity index is 2.21. The molecule has 0 aromatic carbocycles. The SMILES string of the molecule is CC(C)NC(=O)Cn1cc(B2OC(C)(C)C(C)(C)O2)ccc1=O. The smallest absolute Gasteiger partial charge is 0.399 e. The van der Waals surface area contributed by atoms with Gasteiger partial charge in [-0.15, -0.1) is 0 Å². The third kappa shape index (κ3) is 3.84. The van der Waals surface area contributed by atoms with Crippen LogP contribution in [0.2, 0.25) is 0 Å². The summed E-state index contributed by atoms with van der Waals surface area (Å²) in [5.41, 5.74) is -0.411. The average molecular weight is 320 g/mol. The van der Waals surface area contributed by atoms with Crippen molar-refractivity contribution < 1.29 is 14.1 Å². The van der Waals surface area contributed by atoms with Crippen LogP contribution >= 0.6 is 0 Å². The Kier molecular flexibility index (Phi) is 4.73. The second-order valence-corrected chi connectivity index (χ2v) is 7.24. The van der Waals surface area contributed by atoms with Gasteiger partial charge in [-0.2, -0.15) is 0 Å². The molecule has 1 aromatic heterocycles. The van der Waals surface area contributed by atoms with Crippen molar-refractivity contribution in [2.45, 2.75) is 65.3 Å². The molecule has 1 fully saturated rings. The molecule has 0 bridgehead atoms. The van der Waals surface area contributed by atoms with Gasteiger partial charge >= 0.3 is 7.12 Å². The van der Waals surface area contributed by atoms with Gasteiger partial charge in [0.05, 0.1) is 11.2 Å². The zero-order valence-corrected chi connectivity index (χ0v) is 14.7. The van der Waals surface area contributed by atoms with E-state index in [4.69, 9.17) is 9.31 Å². The highest BCUT2D eigenvalue weighted by atomic mass is 16.7. The maximum Gasteiger partial charge on any atom is 0.496 e. The summed E-state index contributed by atoms with van der Waals surface area (Å²) in [4.78, 5) is 23.8. The number of amides is 1. The number of carbonyl (C=O) groups is 1. The van der Waals surface area contributed by atoms with E-state index in [1.165, 1.54) is 10.6 Å². The van der Waals surface area contributed by atoms with E-state index in [1.54, 1.807) is 12.3 Å². The zero-order chi connectivity index (χ0) is 17.4. The fourth-order valence-electron chi connectivity index (χ4n) is 2.31. The predicted molar refractivity (Wildman–Crippen MR) is 89.7 cm³/mol. The summed E-state index contributed by atoms with van der Waals surface area (Å²) in [6.45, 7) is 11.6. The second kappa shape index (κ2) is 6.13. The van der Waals surface area contributed by atoms with Crippen LogP contribution in [0.25, 0.3) is 0 Å². The fourth-order valence-corrected chi connectivity index (χ4v) is 2.31. The van der Waals surface area contributed by atoms with Gasteiger partial charge in [0, 0.05) is 18.3 Å². The van der Waals surface area contributed by atoms with E-state index in [1.807, 2.05) is 41.5 Å². The number of hydrogen-bond donors (Lipinski definition) is 1. The van der Waals surface area contributed by atoms with E-state index < -0.39 is 18.3 Å². The van der Waals surface area contributed by atoms with Gasteiger partial charge in [0.2, 0.25) is 5.91 Å². The number of carbonyl (C=O) groups excluding carboxylic acids is 1. The first-order valence-corrected chi connectivity index (χ1v) is 7.87. The summed E-state index contributed by atoms with van der Waals surface area (Å²) in [6.07, 6.45) is 1.63. The Labute approximate surface area is 137 Å². The Morgan fingerprint density at radius 2 is 1.78 bits per heavy atom. The molecule has 1 aliphatic heterocycles. The van der Waals surface area contributed by atoms with E-state index in [9.17, 15) is 9.59 Å². The monoisotopic (exact) mass is 320 g/mol. The molecule has 2 rings (SSSR count). The maximum atomic E-state index is 12.0. The van der Waals surface area contributed by atoms with Crippen LogP contribution in [0.4, 0.5) is 0 Å². The number of hydrogen-bond acceptors (Lipinski definition) is 4. The van der Waals surface area contributed by atoms with Gasteiger partial charge in [0.1, 0.15) is 6.54 Å². The number of aromatic nitrogens is 1. The van der Waals surface area contributed by atoms with E-state index >= 15 is 0 Å². The predicted octanol–water partition coefficient (Wildman–Crippen LogP) is 0.672. The van der Waals surface area contributed by atoms with E-state index in [0.29, 0.717) is 0 Å². The van der Waals surface area contributed by atoms with E-state index in [2.05, 4.69) is 5.32 Å². The lowest BCUT2D eigenvalue weighted by molar-refractivity contribution is -0.122. The molecule has 1 saturated heterocycles. The minimum atomic E-state index is -0.556. The number of nitrogens with zero attached hydrogens (tertiary/aromatic N) is 1. The first-order valence-electron chi connectivity index (χ1n) is 7.87. The number of rotatable bonds is 4. The standard InChI is InChI=1S/C16H25BN2O4/c1-11(2)18-13(20)10-19-9-12(7-8-14(19)21)17-22-15(3,4)16(5,6)23-17/h7-9,11H,10H2,1-6H3,(H,18,20). The van der Waals surface area contributed by atoms with Crippen LogP contribution in [-0.4, -0.2) is 34.8 Å². The molecule has 1 aliphatic rings. The van der Waals surface area contributed by atoms with Gasteiger partial charge in [-0.25, -0.2) is 0 Å². The van der Waals surface area contributed by atoms with Crippen molar-refractivity contribution in [1.82, 2.24) is 9.88 Å². The first kappa shape index (κ1) is 17.8. The lowest BCUT2D eigenvalue weighted by Crippen LogP contribution is -2.41. The van der Waals surface area contributed by atoms with Crippen molar-refractivity contribution in [3.8, 4) is 0 Å². The molecule has 1 aromatic rings. The zero-order valence-electron chi connectivity index (χ0n) is 14.7. The second-order valence-electron chi connectivity index (χ2n) is 7.24. The molecule has 2 heterocycles. The summed E-state index contributed by atoms with van der Waals surface area (Å²) in [5, 5.41) is 2.77. The minimum Gasteiger partial charge on any atom is -0.399 e. The van der Waals surface area contributed by atoms with Crippen molar-refractivity contribution in [3.05, 3.63) is 28.7 Å². The van der Waals surface area contributed by atoms with Gasteiger partial charge in [-0.3, -0.25) is 9.59 Å². The Morgan fingerprint density at radius 3 is 2.30 bits per heavy atom. The van der Waals surface area contributed by atoms with E-state index in [0.717, 1.165) is 5.46 Å². The highest BCUT2D eigenvalue weighted by Gasteiger charge is 2.51. The van der Waals surface area contributed by atoms with Crippen LogP contribution < -0.4 is 16.3 Å². The normalized spacial score (nSPS) is 19.2. The number of pyridine rings is 1. The summed E-state index contributed by atoms with van der Waals surface area (Å²) in [6, 6.07) is 3.15. The Morgan fingerprint density at radius 1 is 1.22 bits per heavy atom. The lowest BCUT2D eigenvalue weighted by Gasteiger charge is -2.32. The van der Waals surface area contributed by atoms with Crippen molar-refractivity contribution in [2.75, 3.05) is 0 Å². The van der Waals surface area contributed by atoms with Gasteiger partial charge < -0.3 is 19.2 Å². The average Bonchev–Trinajstić information content (AvgIpc) is 2.60. The van der Waals surface area contributed by atoms with Crippen molar-refractivity contribution in [3.63, 3.8) is 0 Å². The summed E-state index contributed by atoms with van der Waals surface area (Å²) < 4.78 is 13.3. The molecular formula is C16H25BN2O4. The minimum absolute atomic E-state index is 0.0235. The fraction of sp³-hybridized carbons (Fsp3) is 0.625. The highest BCUT2D eigenvalue weighted by Crippen LogP contribution is 2.36. The number of nitrogens with one attached hydrogen (secondary N) is 1. The Hall–Kier alpha value is -1.60. The molecule has 0 atom stereocenters. The van der Waals surface area contributed by atoms with Crippen LogP contribution in [0.15, 0.2) is 23.1 Å². The van der Waals surface area contributed by atoms with Crippen molar-refractivity contribution >= 4 is 18.5 Å². The summed E-state index contributed by atoms with van der Waals surface area (Å²) >= 11 is 0. The van der Waals surface area contributed by atoms with Gasteiger partial charge in [0.15, 0.2) is 0 Å². The van der Waals surface area contributed by atoms with Crippen LogP contribution in [0.5, 0.6) is 0 Å². The molecule has 6 nitrogen and oxygen atoms in total. The molecule has 0 aliphatic carbocycles. The lowest BCUT2D eigenvalue weighted by atomic mass is 9.80. The molecule has 7 heteroatoms. The van der Waals surface area contributed by atoms with Crippen LogP contribution in [0.3, 0.4) is 0 Å². The van der Waals surface area contributed by atoms with Crippen LogP contribution in [0.1, 0.15) is 41.5 Å². The maximum absolute atomic E-state index is 12.0. The molecule has 126 valence electrons. The first-order chi connectivity index (χ1) is 10.5. The molecule has 0 radical (unpaired) electrons. The highest BCUT2D eigenvalue weighted by molar-refractivity contribution is 6.62. The third-order valence-electron chi connectivity index (χ3n) is 4.30. The molecule has 1 amide bonds. The Bertz CT molecular complexity index is 636. The van der Waals surface area contributed by atoms with Crippen LogP contribution in [0, 0.1) is 0 Å². The summed E-state index contributed by atoms with van der Waals surface area (Å²) in [7, 11) is -0.556. The topological polar surface area (TPSA) is 69.6 Å². The van der Waals surface area contributed by atoms with Crippen molar-refractivity contribution in [2.24, 2.45) is 0 Å². The molecule has 0 saturated carbocycles. The quantitative estimate of drug-likeness (QED) is 0.828. The molecule has 0 spiro atoms. The van der Waals surface area contributed by atoms with E-state index in [-0.39, 0.29) is 24.1 Å². The third-order valence-corrected chi connectivity index (χ3v) is 4.30. The summed E-state index contributed by atoms with van der Waals surface area (Å²) in [5.74, 6) is -0.201. The molecular weight excluding hydrogens is 295 g/mol. The molecule has 1 N–H and O–H groups in total.